The summed E-state index contributed by atoms with van der Waals surface area (Å²) in [6, 6.07) is 6.64. The van der Waals surface area contributed by atoms with Gasteiger partial charge < -0.3 is 14.4 Å². The average molecular weight is 504 g/mol. The molecular formula is C27H22F2N4O4. The topological polar surface area (TPSA) is 103 Å². The molecule has 8 nitrogen and oxygen atoms in total. The molecule has 5 aromatic rings. The van der Waals surface area contributed by atoms with Crippen molar-refractivity contribution in [2.75, 3.05) is 6.61 Å². The molecule has 5 rings (SSSR count). The minimum Gasteiger partial charge on any atom is -0.477 e. The number of nitrogens with zero attached hydrogens (tertiary/aromatic N) is 4. The van der Waals surface area contributed by atoms with E-state index in [0.29, 0.717) is 39.2 Å². The van der Waals surface area contributed by atoms with E-state index in [1.165, 1.54) is 22.8 Å². The summed E-state index contributed by atoms with van der Waals surface area (Å²) < 4.78 is 41.2. The van der Waals surface area contributed by atoms with Crippen molar-refractivity contribution in [3.05, 3.63) is 77.1 Å². The zero-order valence-electron chi connectivity index (χ0n) is 20.5. The van der Waals surface area contributed by atoms with Crippen LogP contribution in [0.5, 0.6) is 5.88 Å². The van der Waals surface area contributed by atoms with E-state index < -0.39 is 17.6 Å². The van der Waals surface area contributed by atoms with Gasteiger partial charge in [0.1, 0.15) is 23.0 Å². The number of halogens is 2. The Labute approximate surface area is 210 Å². The van der Waals surface area contributed by atoms with E-state index in [4.69, 9.17) is 9.26 Å². The Morgan fingerprint density at radius 3 is 2.57 bits per heavy atom. The third kappa shape index (κ3) is 4.10. The Morgan fingerprint density at radius 2 is 1.92 bits per heavy atom. The summed E-state index contributed by atoms with van der Waals surface area (Å²) in [7, 11) is 0. The van der Waals surface area contributed by atoms with Crippen LogP contribution in [0.3, 0.4) is 0 Å². The molecule has 0 amide bonds. The van der Waals surface area contributed by atoms with Gasteiger partial charge in [0, 0.05) is 46.1 Å². The van der Waals surface area contributed by atoms with Gasteiger partial charge in [0.25, 0.3) is 0 Å². The number of benzene rings is 1. The van der Waals surface area contributed by atoms with E-state index in [0.717, 1.165) is 17.2 Å². The first kappa shape index (κ1) is 24.1. The molecule has 188 valence electrons. The van der Waals surface area contributed by atoms with Crippen molar-refractivity contribution < 1.29 is 27.9 Å². The van der Waals surface area contributed by atoms with Crippen LogP contribution in [0.1, 0.15) is 34.4 Å². The Bertz CT molecular complexity index is 1670. The molecule has 0 fully saturated rings. The van der Waals surface area contributed by atoms with Gasteiger partial charge in [0.15, 0.2) is 5.69 Å². The molecule has 0 atom stereocenters. The molecule has 0 spiro atoms. The lowest BCUT2D eigenvalue weighted by Crippen LogP contribution is -2.06. The quantitative estimate of drug-likeness (QED) is 0.301. The van der Waals surface area contributed by atoms with Crippen molar-refractivity contribution in [2.45, 2.75) is 27.7 Å². The first-order valence-electron chi connectivity index (χ1n) is 11.5. The van der Waals surface area contributed by atoms with E-state index in [2.05, 4.69) is 15.1 Å². The monoisotopic (exact) mass is 504 g/mol. The van der Waals surface area contributed by atoms with Crippen LogP contribution in [-0.2, 0) is 0 Å². The van der Waals surface area contributed by atoms with Crippen LogP contribution in [0.4, 0.5) is 8.78 Å². The molecule has 4 heterocycles. The molecule has 1 aromatic carbocycles. The predicted octanol–water partition coefficient (Wildman–Crippen LogP) is 6.04. The van der Waals surface area contributed by atoms with Crippen molar-refractivity contribution in [1.29, 1.82) is 0 Å². The lowest BCUT2D eigenvalue weighted by molar-refractivity contribution is 0.0689. The molecule has 0 unspecified atom stereocenters. The van der Waals surface area contributed by atoms with Crippen molar-refractivity contribution in [3.8, 4) is 33.8 Å². The minimum atomic E-state index is -1.19. The second kappa shape index (κ2) is 9.12. The maximum Gasteiger partial charge on any atom is 0.354 e. The highest BCUT2D eigenvalue weighted by Crippen LogP contribution is 2.41. The average Bonchev–Trinajstić information content (AvgIpc) is 3.38. The smallest absolute Gasteiger partial charge is 0.354 e. The normalized spacial score (nSPS) is 11.3. The van der Waals surface area contributed by atoms with Gasteiger partial charge in [-0.05, 0) is 57.5 Å². The second-order valence-corrected chi connectivity index (χ2v) is 8.55. The molecule has 10 heteroatoms. The van der Waals surface area contributed by atoms with Crippen LogP contribution < -0.4 is 4.74 Å². The number of aromatic nitrogens is 4. The zero-order valence-corrected chi connectivity index (χ0v) is 20.5. The lowest BCUT2D eigenvalue weighted by Gasteiger charge is -2.13. The Hall–Kier alpha value is -4.60. The Morgan fingerprint density at radius 1 is 1.14 bits per heavy atom. The number of fused-ring (bicyclic) bond motifs is 1. The first-order valence-corrected chi connectivity index (χ1v) is 11.5. The van der Waals surface area contributed by atoms with Crippen molar-refractivity contribution >= 4 is 17.0 Å². The molecule has 0 radical (unpaired) electrons. The lowest BCUT2D eigenvalue weighted by atomic mass is 9.99. The number of carbonyl (C=O) groups is 1. The second-order valence-electron chi connectivity index (χ2n) is 8.55. The fourth-order valence-electron chi connectivity index (χ4n) is 4.52. The van der Waals surface area contributed by atoms with Gasteiger partial charge in [-0.1, -0.05) is 5.16 Å². The highest BCUT2D eigenvalue weighted by molar-refractivity contribution is 6.00. The van der Waals surface area contributed by atoms with Gasteiger partial charge in [0.2, 0.25) is 5.88 Å². The van der Waals surface area contributed by atoms with E-state index in [1.54, 1.807) is 33.2 Å². The Balaban J connectivity index is 1.86. The van der Waals surface area contributed by atoms with Crippen molar-refractivity contribution in [3.63, 3.8) is 0 Å². The maximum absolute atomic E-state index is 14.9. The third-order valence-corrected chi connectivity index (χ3v) is 6.09. The standard InChI is InChI=1S/C27H22F2N4O4/c1-5-36-26-23(13(2)8-21(31-26)27(34)35)19-12-33(22-7-6-17(28)10-20(22)29)25-18(19)9-16(11-30-25)24-14(3)32-37-15(24)4/h6-12H,5H2,1-4H3,(H,34,35). The molecule has 0 aliphatic carbocycles. The zero-order chi connectivity index (χ0) is 26.4. The van der Waals surface area contributed by atoms with Gasteiger partial charge in [-0.15, -0.1) is 0 Å². The summed E-state index contributed by atoms with van der Waals surface area (Å²) in [5.74, 6) is -1.91. The molecule has 0 aliphatic rings. The van der Waals surface area contributed by atoms with Crippen LogP contribution in [0.25, 0.3) is 39.0 Å². The summed E-state index contributed by atoms with van der Waals surface area (Å²) in [6.07, 6.45) is 3.30. The molecule has 0 saturated heterocycles. The van der Waals surface area contributed by atoms with Gasteiger partial charge >= 0.3 is 5.97 Å². The fraction of sp³-hybridized carbons (Fsp3) is 0.185. The Kier molecular flexibility index (Phi) is 5.94. The van der Waals surface area contributed by atoms with Crippen LogP contribution in [-0.4, -0.2) is 37.4 Å². The van der Waals surface area contributed by atoms with Gasteiger partial charge in [0.05, 0.1) is 18.0 Å². The van der Waals surface area contributed by atoms with Crippen molar-refractivity contribution in [2.24, 2.45) is 0 Å². The minimum absolute atomic E-state index is 0.0981. The van der Waals surface area contributed by atoms with Crippen molar-refractivity contribution in [1.82, 2.24) is 19.7 Å². The number of aromatic carboxylic acids is 1. The SMILES string of the molecule is CCOc1nc(C(=O)O)cc(C)c1-c1cn(-c2ccc(F)cc2F)c2ncc(-c3c(C)noc3C)cc12. The van der Waals surface area contributed by atoms with Crippen LogP contribution in [0.15, 0.2) is 47.2 Å². The number of rotatable bonds is 6. The largest absolute Gasteiger partial charge is 0.477 e. The van der Waals surface area contributed by atoms with Gasteiger partial charge in [-0.2, -0.15) is 0 Å². The molecule has 37 heavy (non-hydrogen) atoms. The number of aryl methyl sites for hydroxylation is 3. The molecular weight excluding hydrogens is 482 g/mol. The number of carboxylic acid groups (broad SMARTS) is 1. The summed E-state index contributed by atoms with van der Waals surface area (Å²) in [4.78, 5) is 20.5. The molecule has 1 N–H and O–H groups in total. The van der Waals surface area contributed by atoms with E-state index in [1.807, 2.05) is 13.0 Å². The van der Waals surface area contributed by atoms with Gasteiger partial charge in [-0.3, -0.25) is 4.57 Å². The fourth-order valence-corrected chi connectivity index (χ4v) is 4.52. The third-order valence-electron chi connectivity index (χ3n) is 6.09. The summed E-state index contributed by atoms with van der Waals surface area (Å²) in [5.41, 5.74) is 4.25. The molecule has 0 bridgehead atoms. The number of hydrogen-bond donors (Lipinski definition) is 1. The molecule has 0 saturated carbocycles. The summed E-state index contributed by atoms with van der Waals surface area (Å²) >= 11 is 0. The van der Waals surface area contributed by atoms with Gasteiger partial charge in [-0.25, -0.2) is 23.5 Å². The summed E-state index contributed by atoms with van der Waals surface area (Å²) in [6.45, 7) is 7.38. The maximum atomic E-state index is 14.9. The predicted molar refractivity (Wildman–Crippen MR) is 132 cm³/mol. The molecule has 0 aliphatic heterocycles. The molecule has 4 aromatic heterocycles. The number of carboxylic acids is 1. The highest BCUT2D eigenvalue weighted by atomic mass is 19.1. The highest BCUT2D eigenvalue weighted by Gasteiger charge is 2.24. The number of ether oxygens (including phenoxy) is 1. The number of hydrogen-bond acceptors (Lipinski definition) is 6. The van der Waals surface area contributed by atoms with Crippen LogP contribution in [0.2, 0.25) is 0 Å². The van der Waals surface area contributed by atoms with E-state index in [9.17, 15) is 18.7 Å². The van der Waals surface area contributed by atoms with Crippen LogP contribution in [0, 0.1) is 32.4 Å². The summed E-state index contributed by atoms with van der Waals surface area (Å²) in [5, 5.41) is 14.2. The van der Waals surface area contributed by atoms with E-state index >= 15 is 0 Å². The van der Waals surface area contributed by atoms with E-state index in [-0.39, 0.29) is 23.9 Å². The number of pyridine rings is 2. The van der Waals surface area contributed by atoms with Crippen LogP contribution >= 0.6 is 0 Å². The first-order chi connectivity index (χ1) is 17.7.